The number of aliphatic imine (C=N–C) groups is 1. The second kappa shape index (κ2) is 7.89. The Bertz CT molecular complexity index is 1030. The number of isothiocyanates is 1. The van der Waals surface area contributed by atoms with Crippen LogP contribution in [-0.2, 0) is 0 Å². The zero-order chi connectivity index (χ0) is 18.5. The average Bonchev–Trinajstić information content (AvgIpc) is 2.64. The summed E-state index contributed by atoms with van der Waals surface area (Å²) in [6, 6.07) is 19.2. The Morgan fingerprint density at radius 2 is 1.38 bits per heavy atom. The highest BCUT2D eigenvalue weighted by atomic mass is 32.1. The molecule has 0 heterocycles. The van der Waals surface area contributed by atoms with E-state index in [1.807, 2.05) is 54.6 Å². The molecule has 0 amide bonds. The first-order valence-corrected chi connectivity index (χ1v) is 8.55. The van der Waals surface area contributed by atoms with Crippen molar-refractivity contribution in [3.63, 3.8) is 0 Å². The summed E-state index contributed by atoms with van der Waals surface area (Å²) in [6.07, 6.45) is 0. The fraction of sp³-hybridized carbons (Fsp3) is 0.0870. The molecule has 0 N–H and O–H groups in total. The summed E-state index contributed by atoms with van der Waals surface area (Å²) in [5, 5.41) is 2.22. The van der Waals surface area contributed by atoms with Gasteiger partial charge in [-0.2, -0.15) is 4.99 Å². The average molecular weight is 357 g/mol. The number of hydrogen-bond donors (Lipinski definition) is 0. The molecule has 26 heavy (non-hydrogen) atoms. The van der Waals surface area contributed by atoms with E-state index >= 15 is 0 Å². The molecule has 3 heteroatoms. The molecule has 0 aliphatic rings. The summed E-state index contributed by atoms with van der Waals surface area (Å²) in [5.41, 5.74) is 5.78. The van der Waals surface area contributed by atoms with Crippen LogP contribution in [0.5, 0.6) is 0 Å². The molecule has 0 saturated carbocycles. The highest BCUT2D eigenvalue weighted by Gasteiger charge is 2.08. The third-order valence-corrected chi connectivity index (χ3v) is 4.12. The Morgan fingerprint density at radius 3 is 1.92 bits per heavy atom. The van der Waals surface area contributed by atoms with Crippen LogP contribution in [0.3, 0.4) is 0 Å². The Hall–Kier alpha value is -3.05. The maximum absolute atomic E-state index is 14.2. The van der Waals surface area contributed by atoms with E-state index in [-0.39, 0.29) is 5.69 Å². The Morgan fingerprint density at radius 1 is 0.808 bits per heavy atom. The van der Waals surface area contributed by atoms with Crippen molar-refractivity contribution in [3.05, 3.63) is 88.7 Å². The van der Waals surface area contributed by atoms with Gasteiger partial charge >= 0.3 is 0 Å². The molecular formula is C23H16FNS. The van der Waals surface area contributed by atoms with Gasteiger partial charge in [0.2, 0.25) is 0 Å². The first-order chi connectivity index (χ1) is 12.6. The van der Waals surface area contributed by atoms with E-state index in [2.05, 4.69) is 41.1 Å². The quantitative estimate of drug-likeness (QED) is 0.300. The largest absolute Gasteiger partial charge is 0.205 e. The molecule has 0 aliphatic heterocycles. The van der Waals surface area contributed by atoms with Gasteiger partial charge in [0.1, 0.15) is 5.69 Å². The number of benzene rings is 3. The standard InChI is InChI=1S/C23H16FNS/c1-16-3-5-18(6-4-16)7-8-19-9-11-20(12-10-19)21-13-17(2)23(25-15-26)22(24)14-21/h3-6,9-14H,1-2H3. The number of hydrogen-bond acceptors (Lipinski definition) is 2. The van der Waals surface area contributed by atoms with Crippen molar-refractivity contribution in [2.75, 3.05) is 0 Å². The maximum Gasteiger partial charge on any atom is 0.150 e. The SMILES string of the molecule is Cc1ccc(C#Cc2ccc(-c3cc(C)c(N=C=S)c(F)c3)cc2)cc1. The van der Waals surface area contributed by atoms with Crippen molar-refractivity contribution in [1.29, 1.82) is 0 Å². The minimum absolute atomic E-state index is 0.240. The first kappa shape index (κ1) is 17.8. The summed E-state index contributed by atoms with van der Waals surface area (Å²) >= 11 is 4.56. The smallest absolute Gasteiger partial charge is 0.150 e. The number of thiocarbonyl (C=S) groups is 1. The minimum Gasteiger partial charge on any atom is -0.205 e. The predicted octanol–water partition coefficient (Wildman–Crippen LogP) is 6.24. The molecule has 0 bridgehead atoms. The van der Waals surface area contributed by atoms with Crippen LogP contribution in [0.2, 0.25) is 0 Å². The second-order valence-corrected chi connectivity index (χ2v) is 6.20. The molecule has 0 radical (unpaired) electrons. The molecule has 3 aromatic rings. The molecule has 3 aromatic carbocycles. The topological polar surface area (TPSA) is 12.4 Å². The predicted molar refractivity (Wildman–Crippen MR) is 108 cm³/mol. The summed E-state index contributed by atoms with van der Waals surface area (Å²) in [7, 11) is 0. The lowest BCUT2D eigenvalue weighted by Crippen LogP contribution is -1.86. The van der Waals surface area contributed by atoms with Crippen molar-refractivity contribution in [2.24, 2.45) is 4.99 Å². The molecule has 0 saturated heterocycles. The molecule has 126 valence electrons. The van der Waals surface area contributed by atoms with E-state index in [1.165, 1.54) is 11.6 Å². The van der Waals surface area contributed by atoms with Crippen LogP contribution in [-0.4, -0.2) is 5.16 Å². The lowest BCUT2D eigenvalue weighted by Gasteiger charge is -2.07. The minimum atomic E-state index is -0.402. The fourth-order valence-corrected chi connectivity index (χ4v) is 2.71. The molecule has 0 fully saturated rings. The van der Waals surface area contributed by atoms with Gasteiger partial charge in [0.05, 0.1) is 5.16 Å². The molecule has 0 unspecified atom stereocenters. The van der Waals surface area contributed by atoms with E-state index in [4.69, 9.17) is 0 Å². The molecular weight excluding hydrogens is 341 g/mol. The van der Waals surface area contributed by atoms with Crippen LogP contribution >= 0.6 is 12.2 Å². The van der Waals surface area contributed by atoms with Crippen molar-refractivity contribution in [1.82, 2.24) is 0 Å². The Labute approximate surface area is 158 Å². The van der Waals surface area contributed by atoms with Gasteiger partial charge in [-0.1, -0.05) is 41.7 Å². The molecule has 0 atom stereocenters. The van der Waals surface area contributed by atoms with Gasteiger partial charge in [-0.3, -0.25) is 0 Å². The summed E-state index contributed by atoms with van der Waals surface area (Å²) < 4.78 is 14.2. The van der Waals surface area contributed by atoms with Gasteiger partial charge in [-0.05, 0) is 79.2 Å². The molecule has 1 nitrogen and oxygen atoms in total. The zero-order valence-electron chi connectivity index (χ0n) is 14.5. The highest BCUT2D eigenvalue weighted by Crippen LogP contribution is 2.29. The summed E-state index contributed by atoms with van der Waals surface area (Å²) in [5.74, 6) is 5.89. The lowest BCUT2D eigenvalue weighted by atomic mass is 10.0. The van der Waals surface area contributed by atoms with E-state index in [1.54, 1.807) is 6.92 Å². The van der Waals surface area contributed by atoms with Gasteiger partial charge < -0.3 is 0 Å². The normalized spacial score (nSPS) is 9.81. The second-order valence-electron chi connectivity index (χ2n) is 6.02. The van der Waals surface area contributed by atoms with Crippen molar-refractivity contribution >= 4 is 23.1 Å². The van der Waals surface area contributed by atoms with Gasteiger partial charge in [0.15, 0.2) is 5.82 Å². The van der Waals surface area contributed by atoms with Gasteiger partial charge in [-0.25, -0.2) is 4.39 Å². The highest BCUT2D eigenvalue weighted by molar-refractivity contribution is 7.78. The monoisotopic (exact) mass is 357 g/mol. The van der Waals surface area contributed by atoms with E-state index in [9.17, 15) is 4.39 Å². The molecule has 0 aliphatic carbocycles. The third-order valence-electron chi connectivity index (χ3n) is 4.03. The van der Waals surface area contributed by atoms with Crippen LogP contribution in [0, 0.1) is 31.5 Å². The summed E-state index contributed by atoms with van der Waals surface area (Å²) in [6.45, 7) is 3.86. The molecule has 0 spiro atoms. The van der Waals surface area contributed by atoms with E-state index < -0.39 is 5.82 Å². The van der Waals surface area contributed by atoms with Crippen molar-refractivity contribution in [3.8, 4) is 23.0 Å². The molecule has 0 aromatic heterocycles. The van der Waals surface area contributed by atoms with Crippen LogP contribution in [0.25, 0.3) is 11.1 Å². The number of nitrogens with zero attached hydrogens (tertiary/aromatic N) is 1. The Kier molecular flexibility index (Phi) is 5.39. The lowest BCUT2D eigenvalue weighted by molar-refractivity contribution is 0.629. The number of rotatable bonds is 2. The fourth-order valence-electron chi connectivity index (χ4n) is 2.62. The van der Waals surface area contributed by atoms with Crippen LogP contribution in [0.1, 0.15) is 22.3 Å². The Balaban J connectivity index is 1.86. The van der Waals surface area contributed by atoms with Crippen molar-refractivity contribution < 1.29 is 4.39 Å². The first-order valence-electron chi connectivity index (χ1n) is 8.14. The number of halogens is 1. The van der Waals surface area contributed by atoms with Crippen LogP contribution < -0.4 is 0 Å². The van der Waals surface area contributed by atoms with Crippen LogP contribution in [0.15, 0.2) is 65.7 Å². The van der Waals surface area contributed by atoms with Gasteiger partial charge in [-0.15, -0.1) is 0 Å². The van der Waals surface area contributed by atoms with E-state index in [0.717, 1.165) is 27.8 Å². The van der Waals surface area contributed by atoms with E-state index in [0.29, 0.717) is 0 Å². The van der Waals surface area contributed by atoms with Crippen molar-refractivity contribution in [2.45, 2.75) is 13.8 Å². The summed E-state index contributed by atoms with van der Waals surface area (Å²) in [4.78, 5) is 3.78. The molecule has 3 rings (SSSR count). The third kappa shape index (κ3) is 4.13. The maximum atomic E-state index is 14.2. The van der Waals surface area contributed by atoms with Gasteiger partial charge in [0.25, 0.3) is 0 Å². The van der Waals surface area contributed by atoms with Crippen LogP contribution in [0.4, 0.5) is 10.1 Å². The zero-order valence-corrected chi connectivity index (χ0v) is 15.3. The van der Waals surface area contributed by atoms with Gasteiger partial charge in [0, 0.05) is 11.1 Å². The number of aryl methyl sites for hydroxylation is 2.